The first-order chi connectivity index (χ1) is 8.19. The molecule has 18 heavy (non-hydrogen) atoms. The molecule has 0 radical (unpaired) electrons. The van der Waals surface area contributed by atoms with Crippen molar-refractivity contribution in [2.75, 3.05) is 17.6 Å². The minimum Gasteiger partial charge on any atom is -0.495 e. The molecule has 1 aromatic rings. The summed E-state index contributed by atoms with van der Waals surface area (Å²) in [6.07, 6.45) is 0. The number of benzene rings is 1. The molecule has 0 heterocycles. The first-order valence-corrected chi connectivity index (χ1v) is 8.11. The molecule has 0 aliphatic heterocycles. The van der Waals surface area contributed by atoms with Crippen LogP contribution in [0, 0.1) is 0 Å². The third-order valence-corrected chi connectivity index (χ3v) is 4.35. The fraction of sp³-hybridized carbons (Fsp3) is 0.333. The summed E-state index contributed by atoms with van der Waals surface area (Å²) < 4.78 is 52.4. The van der Waals surface area contributed by atoms with Gasteiger partial charge in [-0.1, -0.05) is 0 Å². The molecular weight excluding hydrogens is 280 g/mol. The molecule has 0 aliphatic carbocycles. The molecule has 1 rings (SSSR count). The van der Waals surface area contributed by atoms with Gasteiger partial charge in [0.15, 0.2) is 0 Å². The Balaban J connectivity index is 3.32. The predicted octanol–water partition coefficient (Wildman–Crippen LogP) is 0.104. The topological polar surface area (TPSA) is 116 Å². The van der Waals surface area contributed by atoms with Crippen molar-refractivity contribution in [3.63, 3.8) is 0 Å². The smallest absolute Gasteiger partial charge is 0.238 e. The van der Waals surface area contributed by atoms with Crippen LogP contribution >= 0.6 is 0 Å². The molecule has 0 saturated heterocycles. The summed E-state index contributed by atoms with van der Waals surface area (Å²) >= 11 is 0. The quantitative estimate of drug-likeness (QED) is 0.799. The van der Waals surface area contributed by atoms with Gasteiger partial charge >= 0.3 is 0 Å². The van der Waals surface area contributed by atoms with E-state index in [2.05, 4.69) is 4.72 Å². The van der Waals surface area contributed by atoms with Gasteiger partial charge in [0.05, 0.1) is 23.4 Å². The number of hydrogen-bond donors (Lipinski definition) is 2. The average Bonchev–Trinajstić information content (AvgIpc) is 2.27. The molecule has 3 N–H and O–H groups in total. The largest absolute Gasteiger partial charge is 0.495 e. The van der Waals surface area contributed by atoms with Gasteiger partial charge in [-0.15, -0.1) is 0 Å². The number of nitrogens with two attached hydrogens (primary N) is 1. The number of ether oxygens (including phenoxy) is 1. The van der Waals surface area contributed by atoms with Gasteiger partial charge in [0.2, 0.25) is 20.0 Å². The number of rotatable bonds is 5. The summed E-state index contributed by atoms with van der Waals surface area (Å²) in [4.78, 5) is -0.197. The summed E-state index contributed by atoms with van der Waals surface area (Å²) in [5.74, 6) is 0.0647. The van der Waals surface area contributed by atoms with Crippen LogP contribution in [0.2, 0.25) is 0 Å². The van der Waals surface area contributed by atoms with E-state index in [4.69, 9.17) is 9.88 Å². The lowest BCUT2D eigenvalue weighted by Gasteiger charge is -2.11. The van der Waals surface area contributed by atoms with Gasteiger partial charge < -0.3 is 4.74 Å². The average molecular weight is 294 g/mol. The summed E-state index contributed by atoms with van der Waals surface area (Å²) in [7, 11) is -6.09. The van der Waals surface area contributed by atoms with E-state index in [1.54, 1.807) is 0 Å². The van der Waals surface area contributed by atoms with Crippen LogP contribution in [0.1, 0.15) is 6.92 Å². The van der Waals surface area contributed by atoms with Crippen molar-refractivity contribution in [3.8, 4) is 5.75 Å². The fourth-order valence-electron chi connectivity index (χ4n) is 1.18. The van der Waals surface area contributed by atoms with Crippen LogP contribution in [0.3, 0.4) is 0 Å². The van der Waals surface area contributed by atoms with Crippen molar-refractivity contribution < 1.29 is 21.6 Å². The summed E-state index contributed by atoms with van der Waals surface area (Å²) in [6, 6.07) is 3.67. The zero-order chi connectivity index (χ0) is 14.0. The van der Waals surface area contributed by atoms with E-state index in [1.807, 2.05) is 0 Å². The first-order valence-electron chi connectivity index (χ1n) is 4.91. The zero-order valence-corrected chi connectivity index (χ0v) is 11.5. The number of anilines is 1. The Morgan fingerprint density at radius 1 is 1.28 bits per heavy atom. The molecule has 0 aliphatic rings. The second-order valence-electron chi connectivity index (χ2n) is 3.41. The molecule has 7 nitrogen and oxygen atoms in total. The summed E-state index contributed by atoms with van der Waals surface area (Å²) in [5.41, 5.74) is 0.0332. The van der Waals surface area contributed by atoms with Crippen LogP contribution in [0.5, 0.6) is 5.75 Å². The van der Waals surface area contributed by atoms with Crippen LogP contribution in [-0.2, 0) is 20.0 Å². The number of methoxy groups -OCH3 is 1. The molecule has 0 aromatic heterocycles. The normalized spacial score (nSPS) is 12.2. The van der Waals surface area contributed by atoms with Crippen molar-refractivity contribution in [1.29, 1.82) is 0 Å². The van der Waals surface area contributed by atoms with Crippen molar-refractivity contribution >= 4 is 25.7 Å². The monoisotopic (exact) mass is 294 g/mol. The maximum Gasteiger partial charge on any atom is 0.238 e. The van der Waals surface area contributed by atoms with E-state index in [9.17, 15) is 16.8 Å². The molecular formula is C9H14N2O5S2. The molecule has 102 valence electrons. The van der Waals surface area contributed by atoms with Gasteiger partial charge in [-0.3, -0.25) is 4.72 Å². The highest BCUT2D eigenvalue weighted by atomic mass is 32.2. The van der Waals surface area contributed by atoms with E-state index in [0.29, 0.717) is 0 Å². The van der Waals surface area contributed by atoms with E-state index in [0.717, 1.165) is 6.07 Å². The van der Waals surface area contributed by atoms with E-state index < -0.39 is 20.0 Å². The van der Waals surface area contributed by atoms with Gasteiger partial charge in [-0.05, 0) is 25.1 Å². The van der Waals surface area contributed by atoms with Gasteiger partial charge in [-0.25, -0.2) is 22.0 Å². The molecule has 0 bridgehead atoms. The lowest BCUT2D eigenvalue weighted by Crippen LogP contribution is -2.17. The highest BCUT2D eigenvalue weighted by Gasteiger charge is 2.15. The third kappa shape index (κ3) is 3.59. The van der Waals surface area contributed by atoms with Crippen LogP contribution < -0.4 is 14.6 Å². The Morgan fingerprint density at radius 3 is 2.33 bits per heavy atom. The van der Waals surface area contributed by atoms with Crippen LogP contribution in [-0.4, -0.2) is 29.7 Å². The summed E-state index contributed by atoms with van der Waals surface area (Å²) in [6.45, 7) is 1.46. The van der Waals surface area contributed by atoms with Crippen molar-refractivity contribution in [2.24, 2.45) is 5.14 Å². The Morgan fingerprint density at radius 2 is 1.89 bits per heavy atom. The standard InChI is InChI=1S/C9H14N2O5S2/c1-3-17(12,13)11-8-6-7(18(10,14)15)4-5-9(8)16-2/h4-6,11H,3H2,1-2H3,(H2,10,14,15). The number of primary sulfonamides is 1. The van der Waals surface area contributed by atoms with Gasteiger partial charge in [0.1, 0.15) is 5.75 Å². The molecule has 1 aromatic carbocycles. The van der Waals surface area contributed by atoms with Crippen LogP contribution in [0.15, 0.2) is 23.1 Å². The van der Waals surface area contributed by atoms with Crippen molar-refractivity contribution in [3.05, 3.63) is 18.2 Å². The molecule has 0 amide bonds. The fourth-order valence-corrected chi connectivity index (χ4v) is 2.36. The van der Waals surface area contributed by atoms with Gasteiger partial charge in [-0.2, -0.15) is 0 Å². The highest BCUT2D eigenvalue weighted by Crippen LogP contribution is 2.27. The number of hydrogen-bond acceptors (Lipinski definition) is 5. The zero-order valence-electron chi connectivity index (χ0n) is 9.87. The molecule has 0 atom stereocenters. The summed E-state index contributed by atoms with van der Waals surface area (Å²) in [5, 5.41) is 4.97. The minimum atomic E-state index is -3.90. The Bertz CT molecular complexity index is 637. The Hall–Kier alpha value is -1.32. The Kier molecular flexibility index (Phi) is 4.20. The maximum absolute atomic E-state index is 11.5. The molecule has 0 saturated carbocycles. The lowest BCUT2D eigenvalue weighted by atomic mass is 10.3. The molecule has 0 unspecified atom stereocenters. The number of sulfonamides is 2. The van der Waals surface area contributed by atoms with Crippen LogP contribution in [0.25, 0.3) is 0 Å². The lowest BCUT2D eigenvalue weighted by molar-refractivity contribution is 0.416. The van der Waals surface area contributed by atoms with Gasteiger partial charge in [0.25, 0.3) is 0 Å². The second-order valence-corrected chi connectivity index (χ2v) is 6.98. The molecule has 9 heteroatoms. The van der Waals surface area contributed by atoms with E-state index in [1.165, 1.54) is 26.2 Å². The highest BCUT2D eigenvalue weighted by molar-refractivity contribution is 7.92. The SMILES string of the molecule is CCS(=O)(=O)Nc1cc(S(N)(=O)=O)ccc1OC. The van der Waals surface area contributed by atoms with E-state index in [-0.39, 0.29) is 22.1 Å². The van der Waals surface area contributed by atoms with E-state index >= 15 is 0 Å². The Labute approximate surface area is 106 Å². The van der Waals surface area contributed by atoms with Crippen molar-refractivity contribution in [1.82, 2.24) is 0 Å². The first kappa shape index (κ1) is 14.7. The number of nitrogens with one attached hydrogen (secondary N) is 1. The predicted molar refractivity (Wildman–Crippen MR) is 67.5 cm³/mol. The van der Waals surface area contributed by atoms with Crippen LogP contribution in [0.4, 0.5) is 5.69 Å². The molecule has 0 fully saturated rings. The second kappa shape index (κ2) is 5.12. The van der Waals surface area contributed by atoms with Gasteiger partial charge in [0, 0.05) is 0 Å². The van der Waals surface area contributed by atoms with Crippen molar-refractivity contribution in [2.45, 2.75) is 11.8 Å². The molecule has 0 spiro atoms. The third-order valence-electron chi connectivity index (χ3n) is 2.14. The maximum atomic E-state index is 11.5. The minimum absolute atomic E-state index is 0.0332.